The Morgan fingerprint density at radius 2 is 1.79 bits per heavy atom. The molecule has 1 aromatic heterocycles. The highest BCUT2D eigenvalue weighted by Gasteiger charge is 2.13. The van der Waals surface area contributed by atoms with E-state index < -0.39 is 0 Å². The Balaban J connectivity index is 0.00000529. The Hall–Kier alpha value is -0.830. The first-order chi connectivity index (χ1) is 10.8. The van der Waals surface area contributed by atoms with E-state index in [2.05, 4.69) is 67.2 Å². The van der Waals surface area contributed by atoms with Crippen molar-refractivity contribution in [2.45, 2.75) is 66.1 Å². The number of hydrogen-bond acceptors (Lipinski definition) is 4. The summed E-state index contributed by atoms with van der Waals surface area (Å²) in [5.74, 6) is 1.98. The van der Waals surface area contributed by atoms with Gasteiger partial charge in [-0.25, -0.2) is 0 Å². The molecule has 0 aliphatic carbocycles. The second kappa shape index (κ2) is 11.7. The van der Waals surface area contributed by atoms with E-state index in [1.807, 2.05) is 6.07 Å². The fourth-order valence-corrected chi connectivity index (χ4v) is 2.49. The highest BCUT2D eigenvalue weighted by atomic mass is 127. The maximum absolute atomic E-state index is 5.32. The Kier molecular flexibility index (Phi) is 11.3. The third-order valence-corrected chi connectivity index (χ3v) is 3.81. The monoisotopic (exact) mass is 451 g/mol. The molecule has 0 amide bonds. The topological polar surface area (TPSA) is 65.7 Å². The first kappa shape index (κ1) is 23.2. The number of hydrogen-bond donors (Lipinski definition) is 2. The molecule has 1 rings (SSSR count). The molecule has 24 heavy (non-hydrogen) atoms. The summed E-state index contributed by atoms with van der Waals surface area (Å²) < 4.78 is 5.32. The zero-order valence-electron chi connectivity index (χ0n) is 16.1. The molecule has 0 unspecified atom stereocenters. The van der Waals surface area contributed by atoms with Crippen molar-refractivity contribution in [1.82, 2.24) is 20.7 Å². The predicted octanol–water partition coefficient (Wildman–Crippen LogP) is 3.20. The third-order valence-electron chi connectivity index (χ3n) is 3.81. The van der Waals surface area contributed by atoms with E-state index >= 15 is 0 Å². The van der Waals surface area contributed by atoms with E-state index in [0.29, 0.717) is 24.5 Å². The largest absolute Gasteiger partial charge is 0.359 e. The summed E-state index contributed by atoms with van der Waals surface area (Å²) in [6, 6.07) is 3.07. The predicted molar refractivity (Wildman–Crippen MR) is 111 cm³/mol. The maximum Gasteiger partial charge on any atom is 0.191 e. The van der Waals surface area contributed by atoms with Gasteiger partial charge in [-0.3, -0.25) is 9.89 Å². The van der Waals surface area contributed by atoms with Gasteiger partial charge in [0.2, 0.25) is 0 Å². The van der Waals surface area contributed by atoms with Crippen molar-refractivity contribution >= 4 is 29.9 Å². The van der Waals surface area contributed by atoms with Crippen molar-refractivity contribution in [2.24, 2.45) is 4.99 Å². The summed E-state index contributed by atoms with van der Waals surface area (Å²) in [6.45, 7) is 15.5. The molecule has 140 valence electrons. The first-order valence-electron chi connectivity index (χ1n) is 8.50. The summed E-state index contributed by atoms with van der Waals surface area (Å²) in [5.41, 5.74) is 0.981. The Morgan fingerprint density at radius 3 is 2.25 bits per heavy atom. The lowest BCUT2D eigenvalue weighted by Gasteiger charge is -2.30. The van der Waals surface area contributed by atoms with Crippen LogP contribution in [0, 0.1) is 0 Å². The van der Waals surface area contributed by atoms with Crippen molar-refractivity contribution in [3.8, 4) is 0 Å². The summed E-state index contributed by atoms with van der Waals surface area (Å²) in [4.78, 5) is 6.70. The number of nitrogens with zero attached hydrogens (tertiary/aromatic N) is 3. The van der Waals surface area contributed by atoms with E-state index in [-0.39, 0.29) is 24.0 Å². The minimum absolute atomic E-state index is 0. The molecule has 0 fully saturated rings. The van der Waals surface area contributed by atoms with Crippen molar-refractivity contribution in [1.29, 1.82) is 0 Å². The molecule has 0 aromatic carbocycles. The molecule has 7 heteroatoms. The molecule has 0 aliphatic rings. The summed E-state index contributed by atoms with van der Waals surface area (Å²) in [5, 5.41) is 10.7. The van der Waals surface area contributed by atoms with Crippen molar-refractivity contribution in [3.05, 3.63) is 17.5 Å². The Morgan fingerprint density at radius 1 is 1.17 bits per heavy atom. The number of halogens is 1. The van der Waals surface area contributed by atoms with Crippen LogP contribution in [-0.4, -0.2) is 48.2 Å². The van der Waals surface area contributed by atoms with Crippen LogP contribution in [0.1, 0.15) is 58.9 Å². The molecule has 1 heterocycles. The third kappa shape index (κ3) is 7.83. The highest BCUT2D eigenvalue weighted by Crippen LogP contribution is 2.13. The smallest absolute Gasteiger partial charge is 0.191 e. The quantitative estimate of drug-likeness (QED) is 0.361. The van der Waals surface area contributed by atoms with Gasteiger partial charge < -0.3 is 15.2 Å². The van der Waals surface area contributed by atoms with Crippen molar-refractivity contribution < 1.29 is 4.52 Å². The van der Waals surface area contributed by atoms with Gasteiger partial charge in [-0.05, 0) is 33.6 Å². The first-order valence-corrected chi connectivity index (χ1v) is 8.50. The minimum atomic E-state index is 0. The number of aromatic nitrogens is 1. The van der Waals surface area contributed by atoms with E-state index in [1.165, 1.54) is 0 Å². The summed E-state index contributed by atoms with van der Waals surface area (Å²) >= 11 is 0. The highest BCUT2D eigenvalue weighted by molar-refractivity contribution is 14.0. The van der Waals surface area contributed by atoms with E-state index in [4.69, 9.17) is 4.52 Å². The zero-order valence-corrected chi connectivity index (χ0v) is 18.4. The standard InChI is InChI=1S/C17H33N5O.HI/c1-12(2)16-10-15(23-21-16)11-20-17(18-7)19-8-9-22(13(3)4)14(5)6;/h10,12-14H,8-9,11H2,1-7H3,(H2,18,19,20);1H. The molecule has 0 bridgehead atoms. The molecule has 0 saturated heterocycles. The molecule has 0 atom stereocenters. The van der Waals surface area contributed by atoms with Gasteiger partial charge >= 0.3 is 0 Å². The fraction of sp³-hybridized carbons (Fsp3) is 0.765. The number of aliphatic imine (C=N–C) groups is 1. The molecule has 2 N–H and O–H groups in total. The zero-order chi connectivity index (χ0) is 17.4. The van der Waals surface area contributed by atoms with Crippen LogP contribution in [0.3, 0.4) is 0 Å². The van der Waals surface area contributed by atoms with Crippen LogP contribution >= 0.6 is 24.0 Å². The van der Waals surface area contributed by atoms with Crippen LogP contribution in [0.15, 0.2) is 15.6 Å². The van der Waals surface area contributed by atoms with Crippen molar-refractivity contribution in [3.63, 3.8) is 0 Å². The molecule has 6 nitrogen and oxygen atoms in total. The average molecular weight is 451 g/mol. The number of guanidine groups is 1. The van der Waals surface area contributed by atoms with Crippen LogP contribution in [-0.2, 0) is 6.54 Å². The molecule has 0 saturated carbocycles. The fourth-order valence-electron chi connectivity index (χ4n) is 2.49. The van der Waals surface area contributed by atoms with Gasteiger partial charge in [0.15, 0.2) is 11.7 Å². The van der Waals surface area contributed by atoms with E-state index in [0.717, 1.165) is 30.5 Å². The second-order valence-corrected chi connectivity index (χ2v) is 6.65. The van der Waals surface area contributed by atoms with Crippen LogP contribution < -0.4 is 10.6 Å². The minimum Gasteiger partial charge on any atom is -0.359 e. The lowest BCUT2D eigenvalue weighted by molar-refractivity contribution is 0.178. The number of nitrogens with one attached hydrogen (secondary N) is 2. The molecule has 0 spiro atoms. The Bertz CT molecular complexity index is 477. The maximum atomic E-state index is 5.32. The number of rotatable bonds is 8. The van der Waals surface area contributed by atoms with Gasteiger partial charge in [0.1, 0.15) is 0 Å². The molecule has 1 aromatic rings. The average Bonchev–Trinajstić information content (AvgIpc) is 2.94. The molecular weight excluding hydrogens is 417 g/mol. The van der Waals surface area contributed by atoms with Crippen molar-refractivity contribution in [2.75, 3.05) is 20.1 Å². The van der Waals surface area contributed by atoms with Gasteiger partial charge in [0.25, 0.3) is 0 Å². The lowest BCUT2D eigenvalue weighted by atomic mass is 10.1. The second-order valence-electron chi connectivity index (χ2n) is 6.65. The van der Waals surface area contributed by atoms with Gasteiger partial charge in [0, 0.05) is 38.3 Å². The van der Waals surface area contributed by atoms with E-state index in [9.17, 15) is 0 Å². The molecule has 0 radical (unpaired) electrons. The van der Waals surface area contributed by atoms with Gasteiger partial charge in [-0.1, -0.05) is 19.0 Å². The molecule has 0 aliphatic heterocycles. The molecular formula is C17H34IN5O. The van der Waals surface area contributed by atoms with Gasteiger partial charge in [-0.15, -0.1) is 24.0 Å². The normalized spacial score (nSPS) is 12.2. The summed E-state index contributed by atoms with van der Waals surface area (Å²) in [6.07, 6.45) is 0. The summed E-state index contributed by atoms with van der Waals surface area (Å²) in [7, 11) is 1.78. The lowest BCUT2D eigenvalue weighted by Crippen LogP contribution is -2.45. The van der Waals surface area contributed by atoms with Gasteiger partial charge in [-0.2, -0.15) is 0 Å². The van der Waals surface area contributed by atoms with Crippen LogP contribution in [0.25, 0.3) is 0 Å². The van der Waals surface area contributed by atoms with Crippen LogP contribution in [0.4, 0.5) is 0 Å². The van der Waals surface area contributed by atoms with Crippen LogP contribution in [0.5, 0.6) is 0 Å². The van der Waals surface area contributed by atoms with Crippen LogP contribution in [0.2, 0.25) is 0 Å². The Labute approximate surface area is 163 Å². The SMILES string of the molecule is CN=C(NCCN(C(C)C)C(C)C)NCc1cc(C(C)C)no1.I. The van der Waals surface area contributed by atoms with E-state index in [1.54, 1.807) is 7.05 Å². The van der Waals surface area contributed by atoms with Gasteiger partial charge in [0.05, 0.1) is 12.2 Å².